The maximum atomic E-state index is 5.34. The third-order valence-corrected chi connectivity index (χ3v) is 3.56. The predicted octanol–water partition coefficient (Wildman–Crippen LogP) is 2.35. The highest BCUT2D eigenvalue weighted by molar-refractivity contribution is 9.10. The quantitative estimate of drug-likeness (QED) is 0.860. The molecule has 1 atom stereocenters. The third-order valence-electron chi connectivity index (χ3n) is 2.89. The second-order valence-electron chi connectivity index (χ2n) is 4.17. The first-order valence-electron chi connectivity index (χ1n) is 6.50. The first-order chi connectivity index (χ1) is 10.2. The molecule has 1 N–H and O–H groups in total. The van der Waals surface area contributed by atoms with Crippen molar-refractivity contribution >= 4 is 15.9 Å². The average Bonchev–Trinajstić information content (AvgIpc) is 2.53. The molecule has 0 aliphatic rings. The molecule has 2 aromatic rings. The number of pyridine rings is 1. The Labute approximate surface area is 132 Å². The Morgan fingerprint density at radius 3 is 2.67 bits per heavy atom. The molecule has 2 aromatic heterocycles. The van der Waals surface area contributed by atoms with E-state index in [2.05, 4.69) is 36.2 Å². The summed E-state index contributed by atoms with van der Waals surface area (Å²) in [7, 11) is 3.10. The summed E-state index contributed by atoms with van der Waals surface area (Å²) in [6.07, 6.45) is 3.31. The van der Waals surface area contributed by atoms with Crippen LogP contribution in [-0.2, 0) is 0 Å². The largest absolute Gasteiger partial charge is 0.480 e. The van der Waals surface area contributed by atoms with Gasteiger partial charge in [0.05, 0.1) is 32.2 Å². The first kappa shape index (κ1) is 15.7. The summed E-state index contributed by atoms with van der Waals surface area (Å²) < 4.78 is 11.3. The molecule has 112 valence electrons. The highest BCUT2D eigenvalue weighted by atomic mass is 79.9. The van der Waals surface area contributed by atoms with E-state index in [1.807, 2.05) is 19.1 Å². The van der Waals surface area contributed by atoms with Crippen LogP contribution in [0, 0.1) is 0 Å². The van der Waals surface area contributed by atoms with Gasteiger partial charge in [-0.2, -0.15) is 4.98 Å². The van der Waals surface area contributed by atoms with Crippen molar-refractivity contribution in [2.45, 2.75) is 13.0 Å². The number of methoxy groups -OCH3 is 2. The lowest BCUT2D eigenvalue weighted by Crippen LogP contribution is -2.25. The van der Waals surface area contributed by atoms with Crippen molar-refractivity contribution in [1.29, 1.82) is 0 Å². The summed E-state index contributed by atoms with van der Waals surface area (Å²) in [4.78, 5) is 13.1. The number of hydrogen-bond donors (Lipinski definition) is 1. The Morgan fingerprint density at radius 2 is 2.05 bits per heavy atom. The molecule has 0 spiro atoms. The molecule has 0 radical (unpaired) electrons. The van der Waals surface area contributed by atoms with Crippen LogP contribution in [0.15, 0.2) is 29.0 Å². The molecular weight excluding hydrogens is 336 g/mol. The second-order valence-corrected chi connectivity index (χ2v) is 5.02. The highest BCUT2D eigenvalue weighted by Gasteiger charge is 2.23. The number of ether oxygens (including phenoxy) is 2. The van der Waals surface area contributed by atoms with E-state index in [0.29, 0.717) is 17.5 Å². The lowest BCUT2D eigenvalue weighted by molar-refractivity contribution is 0.352. The van der Waals surface area contributed by atoms with E-state index >= 15 is 0 Å². The van der Waals surface area contributed by atoms with Gasteiger partial charge in [-0.3, -0.25) is 4.98 Å². The molecule has 0 aromatic carbocycles. The topological polar surface area (TPSA) is 69.2 Å². The fourth-order valence-electron chi connectivity index (χ4n) is 1.95. The summed E-state index contributed by atoms with van der Waals surface area (Å²) in [5.74, 6) is 0.823. The fraction of sp³-hybridized carbons (Fsp3) is 0.357. The fourth-order valence-corrected chi connectivity index (χ4v) is 2.43. The molecular formula is C14H17BrN4O2. The zero-order valence-electron chi connectivity index (χ0n) is 12.1. The molecule has 7 heteroatoms. The van der Waals surface area contributed by atoms with E-state index in [0.717, 1.165) is 16.7 Å². The SMILES string of the molecule is CCNC(c1ncccc1Br)c1ncc(OC)nc1OC. The molecule has 0 saturated heterocycles. The summed E-state index contributed by atoms with van der Waals surface area (Å²) in [5, 5.41) is 3.35. The summed E-state index contributed by atoms with van der Waals surface area (Å²) in [5.41, 5.74) is 1.50. The smallest absolute Gasteiger partial charge is 0.240 e. The van der Waals surface area contributed by atoms with Gasteiger partial charge in [0.1, 0.15) is 5.69 Å². The van der Waals surface area contributed by atoms with Gasteiger partial charge in [0.2, 0.25) is 11.8 Å². The Bertz CT molecular complexity index is 609. The number of hydrogen-bond acceptors (Lipinski definition) is 6. The van der Waals surface area contributed by atoms with Crippen LogP contribution in [0.3, 0.4) is 0 Å². The highest BCUT2D eigenvalue weighted by Crippen LogP contribution is 2.30. The molecule has 1 unspecified atom stereocenters. The van der Waals surface area contributed by atoms with Crippen LogP contribution in [0.5, 0.6) is 11.8 Å². The molecule has 0 fully saturated rings. The van der Waals surface area contributed by atoms with E-state index in [4.69, 9.17) is 9.47 Å². The molecule has 0 aliphatic carbocycles. The van der Waals surface area contributed by atoms with Gasteiger partial charge >= 0.3 is 0 Å². The molecule has 2 rings (SSSR count). The van der Waals surface area contributed by atoms with Crippen molar-refractivity contribution < 1.29 is 9.47 Å². The maximum absolute atomic E-state index is 5.34. The van der Waals surface area contributed by atoms with Gasteiger partial charge in [-0.15, -0.1) is 0 Å². The summed E-state index contributed by atoms with van der Waals surface area (Å²) in [6.45, 7) is 2.78. The zero-order chi connectivity index (χ0) is 15.2. The third kappa shape index (κ3) is 3.48. The van der Waals surface area contributed by atoms with Crippen LogP contribution in [0.25, 0.3) is 0 Å². The van der Waals surface area contributed by atoms with Crippen LogP contribution >= 0.6 is 15.9 Å². The van der Waals surface area contributed by atoms with E-state index < -0.39 is 0 Å². The molecule has 6 nitrogen and oxygen atoms in total. The number of aromatic nitrogens is 3. The van der Waals surface area contributed by atoms with Gasteiger partial charge < -0.3 is 14.8 Å². The Hall–Kier alpha value is -1.73. The predicted molar refractivity (Wildman–Crippen MR) is 82.6 cm³/mol. The Balaban J connectivity index is 2.50. The molecule has 0 aliphatic heterocycles. The van der Waals surface area contributed by atoms with Gasteiger partial charge in [0.15, 0.2) is 0 Å². The molecule has 0 saturated carbocycles. The number of nitrogens with zero attached hydrogens (tertiary/aromatic N) is 3. The molecule has 0 bridgehead atoms. The van der Waals surface area contributed by atoms with Crippen molar-refractivity contribution in [3.8, 4) is 11.8 Å². The summed E-state index contributed by atoms with van der Waals surface area (Å²) >= 11 is 3.52. The van der Waals surface area contributed by atoms with Gasteiger partial charge in [0.25, 0.3) is 0 Å². The monoisotopic (exact) mass is 352 g/mol. The minimum Gasteiger partial charge on any atom is -0.480 e. The second kappa shape index (κ2) is 7.33. The number of nitrogens with one attached hydrogen (secondary N) is 1. The van der Waals surface area contributed by atoms with Crippen LogP contribution in [0.1, 0.15) is 24.4 Å². The van der Waals surface area contributed by atoms with Crippen molar-refractivity contribution in [3.05, 3.63) is 40.4 Å². The minimum absolute atomic E-state index is 0.223. The lowest BCUT2D eigenvalue weighted by atomic mass is 10.1. The zero-order valence-corrected chi connectivity index (χ0v) is 13.7. The van der Waals surface area contributed by atoms with Crippen molar-refractivity contribution in [3.63, 3.8) is 0 Å². The number of halogens is 1. The van der Waals surface area contributed by atoms with E-state index in [1.165, 1.54) is 0 Å². The van der Waals surface area contributed by atoms with E-state index in [1.54, 1.807) is 26.6 Å². The van der Waals surface area contributed by atoms with Crippen LogP contribution in [0.4, 0.5) is 0 Å². The van der Waals surface area contributed by atoms with Gasteiger partial charge in [-0.05, 0) is 34.6 Å². The number of rotatable bonds is 6. The molecule has 0 amide bonds. The lowest BCUT2D eigenvalue weighted by Gasteiger charge is -2.19. The van der Waals surface area contributed by atoms with Crippen LogP contribution in [0.2, 0.25) is 0 Å². The summed E-state index contributed by atoms with van der Waals surface area (Å²) in [6, 6.07) is 3.59. The Kier molecular flexibility index (Phi) is 5.46. The van der Waals surface area contributed by atoms with Gasteiger partial charge in [-0.1, -0.05) is 6.92 Å². The maximum Gasteiger partial charge on any atom is 0.240 e. The molecule has 21 heavy (non-hydrogen) atoms. The Morgan fingerprint density at radius 1 is 1.24 bits per heavy atom. The van der Waals surface area contributed by atoms with Gasteiger partial charge in [-0.25, -0.2) is 4.98 Å². The molecule has 2 heterocycles. The normalized spacial score (nSPS) is 12.0. The minimum atomic E-state index is -0.223. The van der Waals surface area contributed by atoms with Crippen LogP contribution < -0.4 is 14.8 Å². The van der Waals surface area contributed by atoms with E-state index in [9.17, 15) is 0 Å². The van der Waals surface area contributed by atoms with Crippen molar-refractivity contribution in [1.82, 2.24) is 20.3 Å². The van der Waals surface area contributed by atoms with Crippen LogP contribution in [-0.4, -0.2) is 35.7 Å². The van der Waals surface area contributed by atoms with E-state index in [-0.39, 0.29) is 6.04 Å². The van der Waals surface area contributed by atoms with Crippen molar-refractivity contribution in [2.24, 2.45) is 0 Å². The van der Waals surface area contributed by atoms with Gasteiger partial charge in [0, 0.05) is 10.7 Å². The average molecular weight is 353 g/mol. The standard InChI is InChI=1S/C14H17BrN4O2/c1-4-16-12(11-9(15)6-5-7-17-11)13-14(21-3)19-10(20-2)8-18-13/h5-8,12,16H,4H2,1-3H3. The van der Waals surface area contributed by atoms with Crippen molar-refractivity contribution in [2.75, 3.05) is 20.8 Å². The first-order valence-corrected chi connectivity index (χ1v) is 7.29.